The monoisotopic (exact) mass is 256 g/mol. The smallest absolute Gasteiger partial charge is 0.326 e. The second kappa shape index (κ2) is 5.94. The Morgan fingerprint density at radius 1 is 1.44 bits per heavy atom. The van der Waals surface area contributed by atoms with Crippen LogP contribution < -0.4 is 10.6 Å². The molecule has 0 spiro atoms. The van der Waals surface area contributed by atoms with E-state index in [4.69, 9.17) is 5.11 Å². The number of urea groups is 1. The molecule has 0 fully saturated rings. The molecule has 2 amide bonds. The van der Waals surface area contributed by atoms with Gasteiger partial charge in [-0.3, -0.25) is 5.32 Å². The van der Waals surface area contributed by atoms with E-state index in [1.807, 2.05) is 13.8 Å². The number of carbonyl (C=O) groups is 2. The van der Waals surface area contributed by atoms with Gasteiger partial charge in [-0.1, -0.05) is 18.9 Å². The summed E-state index contributed by atoms with van der Waals surface area (Å²) in [7, 11) is 1.55. The van der Waals surface area contributed by atoms with Crippen LogP contribution in [0.2, 0.25) is 0 Å². The topological polar surface area (TPSA) is 122 Å². The molecule has 3 N–H and O–H groups in total. The van der Waals surface area contributed by atoms with Crippen LogP contribution in [0.4, 0.5) is 10.7 Å². The fourth-order valence-electron chi connectivity index (χ4n) is 1.32. The zero-order chi connectivity index (χ0) is 13.7. The van der Waals surface area contributed by atoms with Crippen LogP contribution in [0.3, 0.4) is 0 Å². The summed E-state index contributed by atoms with van der Waals surface area (Å²) in [4.78, 5) is 23.6. The SMILES string of the molecule is CC(C)CC(NC(=O)Nc1nnn(C)n1)C(=O)O. The predicted octanol–water partition coefficient (Wildman–Crippen LogP) is -0.169. The number of carboxylic acids is 1. The Hall–Kier alpha value is -2.19. The summed E-state index contributed by atoms with van der Waals surface area (Å²) in [6.45, 7) is 3.75. The maximum absolute atomic E-state index is 11.5. The molecule has 0 aliphatic heterocycles. The van der Waals surface area contributed by atoms with Crippen molar-refractivity contribution in [2.24, 2.45) is 13.0 Å². The van der Waals surface area contributed by atoms with Crippen LogP contribution in [-0.4, -0.2) is 43.4 Å². The van der Waals surface area contributed by atoms with Crippen LogP contribution in [-0.2, 0) is 11.8 Å². The normalized spacial score (nSPS) is 12.2. The first kappa shape index (κ1) is 13.9. The van der Waals surface area contributed by atoms with Crippen molar-refractivity contribution in [1.29, 1.82) is 0 Å². The Morgan fingerprint density at radius 3 is 2.56 bits per heavy atom. The first-order chi connectivity index (χ1) is 8.38. The molecule has 9 nitrogen and oxygen atoms in total. The fourth-order valence-corrected chi connectivity index (χ4v) is 1.32. The summed E-state index contributed by atoms with van der Waals surface area (Å²) >= 11 is 0. The minimum Gasteiger partial charge on any atom is -0.480 e. The molecule has 1 aromatic rings. The number of aromatic nitrogens is 4. The molecule has 0 bridgehead atoms. The highest BCUT2D eigenvalue weighted by molar-refractivity contribution is 5.90. The van der Waals surface area contributed by atoms with Crippen LogP contribution in [0.1, 0.15) is 20.3 Å². The molecule has 100 valence electrons. The lowest BCUT2D eigenvalue weighted by atomic mass is 10.0. The van der Waals surface area contributed by atoms with Crippen LogP contribution in [0.5, 0.6) is 0 Å². The van der Waals surface area contributed by atoms with Crippen molar-refractivity contribution >= 4 is 17.9 Å². The summed E-state index contributed by atoms with van der Waals surface area (Å²) < 4.78 is 0. The summed E-state index contributed by atoms with van der Waals surface area (Å²) in [6, 6.07) is -1.61. The molecule has 1 rings (SSSR count). The zero-order valence-electron chi connectivity index (χ0n) is 10.4. The van der Waals surface area contributed by atoms with Crippen LogP contribution in [0.25, 0.3) is 0 Å². The first-order valence-corrected chi connectivity index (χ1v) is 5.42. The summed E-state index contributed by atoms with van der Waals surface area (Å²) in [5.74, 6) is -0.907. The van der Waals surface area contributed by atoms with Crippen molar-refractivity contribution in [1.82, 2.24) is 25.5 Å². The van der Waals surface area contributed by atoms with Crippen molar-refractivity contribution in [2.45, 2.75) is 26.3 Å². The van der Waals surface area contributed by atoms with E-state index < -0.39 is 18.0 Å². The number of tetrazole rings is 1. The Bertz CT molecular complexity index is 430. The number of aryl methyl sites for hydroxylation is 1. The lowest BCUT2D eigenvalue weighted by molar-refractivity contribution is -0.139. The molecule has 0 saturated heterocycles. The molecular weight excluding hydrogens is 240 g/mol. The van der Waals surface area contributed by atoms with Crippen LogP contribution >= 0.6 is 0 Å². The molecule has 1 aromatic heterocycles. The highest BCUT2D eigenvalue weighted by atomic mass is 16.4. The van der Waals surface area contributed by atoms with E-state index >= 15 is 0 Å². The third-order valence-electron chi connectivity index (χ3n) is 2.04. The van der Waals surface area contributed by atoms with E-state index in [0.29, 0.717) is 6.42 Å². The first-order valence-electron chi connectivity index (χ1n) is 5.42. The van der Waals surface area contributed by atoms with E-state index in [1.165, 1.54) is 4.80 Å². The number of carboxylic acid groups (broad SMARTS) is 1. The van der Waals surface area contributed by atoms with Gasteiger partial charge in [0.05, 0.1) is 7.05 Å². The van der Waals surface area contributed by atoms with Crippen molar-refractivity contribution < 1.29 is 14.7 Å². The van der Waals surface area contributed by atoms with E-state index in [1.54, 1.807) is 7.05 Å². The van der Waals surface area contributed by atoms with Crippen LogP contribution in [0.15, 0.2) is 0 Å². The van der Waals surface area contributed by atoms with Crippen molar-refractivity contribution in [3.63, 3.8) is 0 Å². The number of nitrogens with zero attached hydrogens (tertiary/aromatic N) is 4. The predicted molar refractivity (Wildman–Crippen MR) is 61.8 cm³/mol. The molecule has 1 atom stereocenters. The van der Waals surface area contributed by atoms with Gasteiger partial charge in [0, 0.05) is 0 Å². The molecule has 0 aliphatic rings. The van der Waals surface area contributed by atoms with E-state index in [-0.39, 0.29) is 11.9 Å². The molecule has 9 heteroatoms. The number of aliphatic carboxylic acids is 1. The largest absolute Gasteiger partial charge is 0.480 e. The average molecular weight is 256 g/mol. The number of carbonyl (C=O) groups excluding carboxylic acids is 1. The maximum Gasteiger partial charge on any atom is 0.326 e. The third-order valence-corrected chi connectivity index (χ3v) is 2.04. The van der Waals surface area contributed by atoms with Gasteiger partial charge in [-0.25, -0.2) is 9.59 Å². The highest BCUT2D eigenvalue weighted by Crippen LogP contribution is 2.05. The molecule has 0 radical (unpaired) electrons. The van der Waals surface area contributed by atoms with Gasteiger partial charge in [0.1, 0.15) is 6.04 Å². The van der Waals surface area contributed by atoms with Gasteiger partial charge in [0.2, 0.25) is 0 Å². The van der Waals surface area contributed by atoms with Gasteiger partial charge in [-0.15, -0.1) is 5.10 Å². The Balaban J connectivity index is 2.53. The number of anilines is 1. The van der Waals surface area contributed by atoms with E-state index in [0.717, 1.165) is 0 Å². The average Bonchev–Trinajstić information content (AvgIpc) is 2.62. The molecule has 1 unspecified atom stereocenters. The van der Waals surface area contributed by atoms with Crippen molar-refractivity contribution in [3.8, 4) is 0 Å². The second-order valence-corrected chi connectivity index (χ2v) is 4.22. The lowest BCUT2D eigenvalue weighted by Gasteiger charge is -2.15. The quantitative estimate of drug-likeness (QED) is 0.672. The van der Waals surface area contributed by atoms with Gasteiger partial charge >= 0.3 is 12.0 Å². The summed E-state index contributed by atoms with van der Waals surface area (Å²) in [6.07, 6.45) is 0.344. The van der Waals surface area contributed by atoms with Gasteiger partial charge in [0.25, 0.3) is 5.95 Å². The number of rotatable bonds is 5. The molecule has 18 heavy (non-hydrogen) atoms. The zero-order valence-corrected chi connectivity index (χ0v) is 10.4. The third kappa shape index (κ3) is 4.36. The fraction of sp³-hybridized carbons (Fsp3) is 0.667. The van der Waals surface area contributed by atoms with Crippen molar-refractivity contribution in [3.05, 3.63) is 0 Å². The van der Waals surface area contributed by atoms with Gasteiger partial charge in [0.15, 0.2) is 0 Å². The van der Waals surface area contributed by atoms with Gasteiger partial charge in [-0.05, 0) is 17.6 Å². The van der Waals surface area contributed by atoms with Gasteiger partial charge < -0.3 is 10.4 Å². The number of hydrogen-bond donors (Lipinski definition) is 3. The molecule has 1 heterocycles. The molecule has 0 aliphatic carbocycles. The minimum absolute atomic E-state index is 0.0173. The molecule has 0 saturated carbocycles. The van der Waals surface area contributed by atoms with Crippen molar-refractivity contribution in [2.75, 3.05) is 5.32 Å². The van der Waals surface area contributed by atoms with Gasteiger partial charge in [-0.2, -0.15) is 4.80 Å². The molecule has 0 aromatic carbocycles. The Kier molecular flexibility index (Phi) is 4.58. The highest BCUT2D eigenvalue weighted by Gasteiger charge is 2.21. The number of nitrogens with one attached hydrogen (secondary N) is 2. The van der Waals surface area contributed by atoms with E-state index in [9.17, 15) is 9.59 Å². The molecular formula is C9H16N6O3. The maximum atomic E-state index is 11.5. The Labute approximate surface area is 104 Å². The lowest BCUT2D eigenvalue weighted by Crippen LogP contribution is -2.43. The standard InChI is InChI=1S/C9H16N6O3/c1-5(2)4-6(7(16)17)10-9(18)11-8-12-14-15(3)13-8/h5-6H,4H2,1-3H3,(H,16,17)(H2,10,11,13,18). The number of hydrogen-bond acceptors (Lipinski definition) is 5. The van der Waals surface area contributed by atoms with E-state index in [2.05, 4.69) is 26.0 Å². The second-order valence-electron chi connectivity index (χ2n) is 4.22. The summed E-state index contributed by atoms with van der Waals surface area (Å²) in [5, 5.41) is 24.4. The van der Waals surface area contributed by atoms with Crippen LogP contribution in [0, 0.1) is 5.92 Å². The Morgan fingerprint density at radius 2 is 2.11 bits per heavy atom. The summed E-state index contributed by atoms with van der Waals surface area (Å²) in [5.41, 5.74) is 0. The number of amides is 2. The minimum atomic E-state index is -1.08.